The van der Waals surface area contributed by atoms with Crippen LogP contribution in [0.3, 0.4) is 0 Å². The minimum absolute atomic E-state index is 0.341. The van der Waals surface area contributed by atoms with Crippen molar-refractivity contribution in [2.45, 2.75) is 25.7 Å². The third kappa shape index (κ3) is 3.08. The summed E-state index contributed by atoms with van der Waals surface area (Å²) in [5, 5.41) is 11.1. The number of nitrogens with zero attached hydrogens (tertiary/aromatic N) is 4. The zero-order chi connectivity index (χ0) is 18.1. The van der Waals surface area contributed by atoms with Crippen LogP contribution in [0.4, 0.5) is 5.69 Å². The fourth-order valence-corrected chi connectivity index (χ4v) is 3.86. The lowest BCUT2D eigenvalue weighted by Crippen LogP contribution is -2.51. The molecule has 3 aromatic heterocycles. The molecule has 0 amide bonds. The van der Waals surface area contributed by atoms with Gasteiger partial charge in [0, 0.05) is 66.1 Å². The van der Waals surface area contributed by atoms with E-state index in [1.54, 1.807) is 6.20 Å². The predicted molar refractivity (Wildman–Crippen MR) is 106 cm³/mol. The molecule has 2 N–H and O–H groups in total. The lowest BCUT2D eigenvalue weighted by Gasteiger charge is -2.39. The first-order valence-corrected chi connectivity index (χ1v) is 9.16. The Bertz CT molecular complexity index is 882. The van der Waals surface area contributed by atoms with Crippen molar-refractivity contribution in [3.8, 4) is 11.1 Å². The van der Waals surface area contributed by atoms with Crippen molar-refractivity contribution in [3.63, 3.8) is 0 Å². The van der Waals surface area contributed by atoms with E-state index in [1.165, 1.54) is 5.69 Å². The molecule has 1 aliphatic heterocycles. The van der Waals surface area contributed by atoms with Crippen LogP contribution < -0.4 is 4.90 Å². The molecular weight excluding hydrogens is 325 g/mol. The van der Waals surface area contributed by atoms with Crippen molar-refractivity contribution in [3.05, 3.63) is 43.0 Å². The van der Waals surface area contributed by atoms with E-state index < -0.39 is 7.05 Å². The zero-order valence-electron chi connectivity index (χ0n) is 15.3. The highest BCUT2D eigenvalue weighted by Gasteiger charge is 2.28. The first kappa shape index (κ1) is 17.1. The van der Waals surface area contributed by atoms with Gasteiger partial charge in [0.15, 0.2) is 0 Å². The van der Waals surface area contributed by atoms with Crippen LogP contribution in [0.2, 0.25) is 6.82 Å². The smallest absolute Gasteiger partial charge is 0.376 e. The van der Waals surface area contributed by atoms with Gasteiger partial charge in [0.25, 0.3) is 0 Å². The molecule has 1 aliphatic rings. The van der Waals surface area contributed by atoms with Gasteiger partial charge in [0.2, 0.25) is 0 Å². The molecule has 0 unspecified atom stereocenters. The molecule has 1 fully saturated rings. The molecule has 26 heavy (non-hydrogen) atoms. The molecule has 0 aromatic carbocycles. The third-order valence-electron chi connectivity index (χ3n) is 5.43. The highest BCUT2D eigenvalue weighted by molar-refractivity contribution is 6.45. The topological polar surface area (TPSA) is 68.3 Å². The number of hydrogen-bond donors (Lipinski definition) is 2. The normalized spacial score (nSPS) is 17.8. The van der Waals surface area contributed by atoms with E-state index in [9.17, 15) is 5.02 Å². The van der Waals surface area contributed by atoms with E-state index in [4.69, 9.17) is 0 Å². The lowest BCUT2D eigenvalue weighted by molar-refractivity contribution is 0.291. The number of H-pyrrole nitrogens is 1. The van der Waals surface area contributed by atoms with Crippen LogP contribution in [0.1, 0.15) is 12.8 Å². The second-order valence-electron chi connectivity index (χ2n) is 7.04. The van der Waals surface area contributed by atoms with Gasteiger partial charge in [0.1, 0.15) is 5.65 Å². The Morgan fingerprint density at radius 1 is 1.35 bits per heavy atom. The van der Waals surface area contributed by atoms with E-state index >= 15 is 0 Å². The molecule has 6 nitrogen and oxygen atoms in total. The van der Waals surface area contributed by atoms with Crippen molar-refractivity contribution in [1.29, 1.82) is 0 Å². The van der Waals surface area contributed by atoms with Crippen molar-refractivity contribution in [1.82, 2.24) is 19.8 Å². The number of aromatic amines is 1. The van der Waals surface area contributed by atoms with Crippen LogP contribution in [0.25, 0.3) is 22.2 Å². The summed E-state index contributed by atoms with van der Waals surface area (Å²) in [6, 6.07) is 6.47. The zero-order valence-corrected chi connectivity index (χ0v) is 15.3. The van der Waals surface area contributed by atoms with Crippen molar-refractivity contribution in [2.24, 2.45) is 0 Å². The number of piperidine rings is 1. The fraction of sp³-hybridized carbons (Fsp3) is 0.368. The molecule has 0 aliphatic carbocycles. The van der Waals surface area contributed by atoms with Gasteiger partial charge in [-0.2, -0.15) is 0 Å². The van der Waals surface area contributed by atoms with Crippen molar-refractivity contribution >= 4 is 23.8 Å². The molecule has 1 atom stereocenters. The number of nitrogens with one attached hydrogen (secondary N) is 1. The summed E-state index contributed by atoms with van der Waals surface area (Å²) in [6.07, 6.45) is 9.77. The summed E-state index contributed by atoms with van der Waals surface area (Å²) in [5.41, 5.74) is 4.30. The predicted octanol–water partition coefficient (Wildman–Crippen LogP) is 2.64. The molecule has 0 bridgehead atoms. The molecule has 3 aromatic rings. The number of aromatic nitrogens is 3. The van der Waals surface area contributed by atoms with E-state index in [0.29, 0.717) is 6.04 Å². The van der Waals surface area contributed by atoms with Crippen LogP contribution in [0.15, 0.2) is 43.0 Å². The first-order chi connectivity index (χ1) is 12.6. The second kappa shape index (κ2) is 7.09. The summed E-state index contributed by atoms with van der Waals surface area (Å²) in [4.78, 5) is 16.6. The lowest BCUT2D eigenvalue weighted by atomic mass is 9.82. The molecule has 4 rings (SSSR count). The molecule has 0 spiro atoms. The van der Waals surface area contributed by atoms with Gasteiger partial charge in [-0.3, -0.25) is 4.98 Å². The van der Waals surface area contributed by atoms with Gasteiger partial charge in [0.05, 0.1) is 0 Å². The molecule has 1 saturated heterocycles. The average molecular weight is 349 g/mol. The maximum absolute atomic E-state index is 9.95. The van der Waals surface area contributed by atoms with E-state index in [-0.39, 0.29) is 0 Å². The number of pyridine rings is 2. The Kier molecular flexibility index (Phi) is 4.65. The second-order valence-corrected chi connectivity index (χ2v) is 7.04. The Morgan fingerprint density at radius 2 is 2.23 bits per heavy atom. The van der Waals surface area contributed by atoms with Crippen LogP contribution in [0, 0.1) is 0 Å². The van der Waals surface area contributed by atoms with Crippen LogP contribution in [-0.4, -0.2) is 58.0 Å². The van der Waals surface area contributed by atoms with Crippen LogP contribution >= 0.6 is 0 Å². The Balaban J connectivity index is 1.74. The number of fused-ring (bicyclic) bond motifs is 1. The number of likely N-dealkylation sites (N-methyl/N-ethyl adjacent to an activating group) is 1. The largest absolute Gasteiger partial charge is 0.437 e. The van der Waals surface area contributed by atoms with Crippen molar-refractivity contribution in [2.75, 3.05) is 25.0 Å². The van der Waals surface area contributed by atoms with Crippen LogP contribution in [-0.2, 0) is 0 Å². The number of hydrogen-bond acceptors (Lipinski definition) is 5. The first-order valence-electron chi connectivity index (χ1n) is 9.16. The van der Waals surface area contributed by atoms with Crippen molar-refractivity contribution < 1.29 is 5.02 Å². The Labute approximate surface area is 154 Å². The molecular formula is C19H24BN5O. The third-order valence-corrected chi connectivity index (χ3v) is 5.43. The fourth-order valence-electron chi connectivity index (χ4n) is 3.86. The standard InChI is InChI=1S/C19H24BN5O/c1-20(26)24(2)15-6-4-10-25(13-15)17-7-9-22-19-18(17)16(12-23-19)14-5-3-8-21-11-14/h3,5,7-9,11-12,15,26H,4,6,10,13H2,1-2H3,(H,22,23)/t15-/m0/s1. The highest BCUT2D eigenvalue weighted by Crippen LogP contribution is 2.36. The molecule has 7 heteroatoms. The number of rotatable bonds is 4. The van der Waals surface area contributed by atoms with Gasteiger partial charge in [-0.15, -0.1) is 0 Å². The van der Waals surface area contributed by atoms with E-state index in [2.05, 4.69) is 36.8 Å². The SMILES string of the molecule is CB(O)N(C)[C@H]1CCCN(c2ccnc3[nH]cc(-c4cccnc4)c23)C1. The summed E-state index contributed by atoms with van der Waals surface area (Å²) < 4.78 is 0. The minimum Gasteiger partial charge on any atom is -0.437 e. The van der Waals surface area contributed by atoms with Gasteiger partial charge in [-0.1, -0.05) is 6.07 Å². The molecule has 4 heterocycles. The van der Waals surface area contributed by atoms with Gasteiger partial charge < -0.3 is 19.7 Å². The molecule has 0 radical (unpaired) electrons. The maximum atomic E-state index is 9.95. The number of anilines is 1. The summed E-state index contributed by atoms with van der Waals surface area (Å²) >= 11 is 0. The monoisotopic (exact) mass is 349 g/mol. The summed E-state index contributed by atoms with van der Waals surface area (Å²) in [7, 11) is 1.56. The quantitative estimate of drug-likeness (QED) is 0.709. The maximum Gasteiger partial charge on any atom is 0.376 e. The Hall–Kier alpha value is -2.38. The summed E-state index contributed by atoms with van der Waals surface area (Å²) in [5.74, 6) is 0. The molecule has 0 saturated carbocycles. The van der Waals surface area contributed by atoms with Gasteiger partial charge in [-0.05, 0) is 38.8 Å². The average Bonchev–Trinajstić information content (AvgIpc) is 3.12. The molecule has 134 valence electrons. The van der Waals surface area contributed by atoms with Crippen LogP contribution in [0.5, 0.6) is 0 Å². The minimum atomic E-state index is -0.435. The van der Waals surface area contributed by atoms with Gasteiger partial charge in [-0.25, -0.2) is 4.98 Å². The van der Waals surface area contributed by atoms with Gasteiger partial charge >= 0.3 is 7.05 Å². The van der Waals surface area contributed by atoms with E-state index in [1.807, 2.05) is 38.5 Å². The summed E-state index contributed by atoms with van der Waals surface area (Å²) in [6.45, 7) is 3.75. The highest BCUT2D eigenvalue weighted by atomic mass is 16.2. The Morgan fingerprint density at radius 3 is 3.00 bits per heavy atom. The van der Waals surface area contributed by atoms with E-state index in [0.717, 1.165) is 48.1 Å².